The topological polar surface area (TPSA) is 84.2 Å². The lowest BCUT2D eigenvalue weighted by molar-refractivity contribution is 0.0949. The smallest absolute Gasteiger partial charge is 0.257 e. The molecule has 1 amide bonds. The number of hydrogen-bond acceptors (Lipinski definition) is 4. The molecule has 36 heavy (non-hydrogen) atoms. The van der Waals surface area contributed by atoms with E-state index in [1.54, 1.807) is 24.5 Å². The third kappa shape index (κ3) is 3.98. The zero-order chi connectivity index (χ0) is 25.0. The van der Waals surface area contributed by atoms with Crippen molar-refractivity contribution in [2.24, 2.45) is 5.92 Å². The molecule has 6 rings (SSSR count). The lowest BCUT2D eigenvalue weighted by Gasteiger charge is -2.14. The maximum absolute atomic E-state index is 13.1. The van der Waals surface area contributed by atoms with Crippen LogP contribution in [-0.4, -0.2) is 26.6 Å². The number of aliphatic hydroxyl groups is 1. The largest absolute Gasteiger partial charge is 0.513 e. The Morgan fingerprint density at radius 1 is 1.11 bits per heavy atom. The maximum atomic E-state index is 13.1. The van der Waals surface area contributed by atoms with Crippen molar-refractivity contribution < 1.29 is 9.90 Å². The van der Waals surface area contributed by atoms with Gasteiger partial charge in [0.15, 0.2) is 0 Å². The van der Waals surface area contributed by atoms with Crippen LogP contribution in [0.3, 0.4) is 0 Å². The molecule has 2 aliphatic rings. The number of pyridine rings is 2. The van der Waals surface area contributed by atoms with Gasteiger partial charge in [-0.3, -0.25) is 9.59 Å². The normalized spacial score (nSPS) is 18.7. The predicted octanol–water partition coefficient (Wildman–Crippen LogP) is 5.43. The summed E-state index contributed by atoms with van der Waals surface area (Å²) in [7, 11) is 0. The van der Waals surface area contributed by atoms with E-state index in [0.717, 1.165) is 36.1 Å². The second-order valence-electron chi connectivity index (χ2n) is 9.93. The summed E-state index contributed by atoms with van der Waals surface area (Å²) in [6.07, 6.45) is 6.10. The molecule has 2 saturated carbocycles. The molecule has 2 N–H and O–H groups in total. The molecule has 2 atom stereocenters. The van der Waals surface area contributed by atoms with Crippen LogP contribution < -0.4 is 10.7 Å². The van der Waals surface area contributed by atoms with E-state index >= 15 is 0 Å². The Hall–Kier alpha value is -4.19. The molecule has 0 radical (unpaired) electrons. The number of aromatic nitrogens is 2. The number of nitrogens with zero attached hydrogens (tertiary/aromatic N) is 2. The molecule has 2 unspecified atom stereocenters. The van der Waals surface area contributed by atoms with Gasteiger partial charge in [0.1, 0.15) is 11.2 Å². The van der Waals surface area contributed by atoms with Crippen LogP contribution in [-0.2, 0) is 0 Å². The lowest BCUT2D eigenvalue weighted by atomic mass is 9.96. The van der Waals surface area contributed by atoms with Crippen molar-refractivity contribution in [2.45, 2.75) is 38.1 Å². The quantitative estimate of drug-likeness (QED) is 0.363. The van der Waals surface area contributed by atoms with Gasteiger partial charge in [-0.15, -0.1) is 0 Å². The first-order valence-electron chi connectivity index (χ1n) is 12.3. The minimum atomic E-state index is -0.340. The van der Waals surface area contributed by atoms with Crippen molar-refractivity contribution in [3.63, 3.8) is 0 Å². The molecule has 2 aliphatic carbocycles. The fourth-order valence-corrected chi connectivity index (χ4v) is 5.02. The predicted molar refractivity (Wildman–Crippen MR) is 141 cm³/mol. The van der Waals surface area contributed by atoms with Gasteiger partial charge in [0.2, 0.25) is 5.43 Å². The van der Waals surface area contributed by atoms with Crippen LogP contribution in [0, 0.1) is 12.8 Å². The number of carbonyl (C=O) groups excluding carboxylic acids is 1. The molecule has 2 fully saturated rings. The van der Waals surface area contributed by atoms with Gasteiger partial charge in [0.25, 0.3) is 5.91 Å². The molecule has 6 heteroatoms. The Morgan fingerprint density at radius 3 is 2.64 bits per heavy atom. The maximum Gasteiger partial charge on any atom is 0.257 e. The summed E-state index contributed by atoms with van der Waals surface area (Å²) < 4.78 is 1.82. The van der Waals surface area contributed by atoms with Crippen LogP contribution in [0.15, 0.2) is 84.1 Å². The van der Waals surface area contributed by atoms with Crippen molar-refractivity contribution in [3.8, 4) is 16.8 Å². The minimum absolute atomic E-state index is 0.123. The van der Waals surface area contributed by atoms with Crippen LogP contribution in [0.2, 0.25) is 0 Å². The molecule has 0 aliphatic heterocycles. The highest BCUT2D eigenvalue weighted by molar-refractivity contribution is 5.97. The average Bonchev–Trinajstić information content (AvgIpc) is 3.80. The molecule has 0 saturated heterocycles. The molecule has 6 nitrogen and oxygen atoms in total. The Kier molecular flexibility index (Phi) is 5.25. The first-order valence-corrected chi connectivity index (χ1v) is 12.3. The van der Waals surface area contributed by atoms with E-state index in [0.29, 0.717) is 17.0 Å². The third-order valence-corrected chi connectivity index (χ3v) is 7.26. The second-order valence-corrected chi connectivity index (χ2v) is 9.93. The molecule has 2 aromatic carbocycles. The summed E-state index contributed by atoms with van der Waals surface area (Å²) in [4.78, 5) is 30.4. The molecule has 2 aromatic heterocycles. The Morgan fingerprint density at radius 2 is 1.92 bits per heavy atom. The number of rotatable bonds is 6. The molecular weight excluding hydrogens is 450 g/mol. The lowest BCUT2D eigenvalue weighted by Crippen LogP contribution is -2.31. The van der Waals surface area contributed by atoms with E-state index in [1.807, 2.05) is 28.8 Å². The van der Waals surface area contributed by atoms with Crippen LogP contribution >= 0.6 is 0 Å². The van der Waals surface area contributed by atoms with Gasteiger partial charge in [0.05, 0.1) is 11.1 Å². The van der Waals surface area contributed by atoms with E-state index < -0.39 is 0 Å². The highest BCUT2D eigenvalue weighted by Crippen LogP contribution is 2.51. The number of hydrogen-bond donors (Lipinski definition) is 2. The molecule has 2 heterocycles. The van der Waals surface area contributed by atoms with Gasteiger partial charge >= 0.3 is 0 Å². The summed E-state index contributed by atoms with van der Waals surface area (Å²) >= 11 is 0. The fraction of sp³-hybridized carbons (Fsp3) is 0.233. The van der Waals surface area contributed by atoms with E-state index in [-0.39, 0.29) is 34.6 Å². The first kappa shape index (κ1) is 22.3. The monoisotopic (exact) mass is 477 g/mol. The average molecular weight is 478 g/mol. The molecule has 4 aromatic rings. The van der Waals surface area contributed by atoms with Gasteiger partial charge in [-0.1, -0.05) is 36.9 Å². The third-order valence-electron chi connectivity index (χ3n) is 7.26. The highest BCUT2D eigenvalue weighted by Gasteiger charge is 2.41. The zero-order valence-electron chi connectivity index (χ0n) is 20.1. The minimum Gasteiger partial charge on any atom is -0.513 e. The summed E-state index contributed by atoms with van der Waals surface area (Å²) in [5, 5.41) is 13.1. The van der Waals surface area contributed by atoms with Gasteiger partial charge in [-0.05, 0) is 78.6 Å². The summed E-state index contributed by atoms with van der Waals surface area (Å²) in [5.74, 6) is 0.420. The van der Waals surface area contributed by atoms with Gasteiger partial charge in [-0.2, -0.15) is 0 Å². The number of allylic oxidation sites excluding steroid dienone is 1. The SMILES string of the molecule is C=C(O)C1CC1c1ccc(-c2cccc(-n3cc(C(=O)NC4CC4)c(=O)c4cccnc43)c2)cc1C. The molecular formula is C30H27N3O3. The fourth-order valence-electron chi connectivity index (χ4n) is 5.02. The van der Waals surface area contributed by atoms with Gasteiger partial charge in [0, 0.05) is 30.0 Å². The van der Waals surface area contributed by atoms with E-state index in [9.17, 15) is 14.7 Å². The standard InChI is InChI=1S/C30H27N3O3/c1-17-13-20(8-11-23(17)26-15-25(26)18(2)34)19-5-3-6-22(14-19)33-16-27(30(36)32-21-9-10-21)28(35)24-7-4-12-31-29(24)33/h3-8,11-14,16,21,25-26,34H,2,9-10,15H2,1H3,(H,32,36). The zero-order valence-corrected chi connectivity index (χ0v) is 20.1. The van der Waals surface area contributed by atoms with E-state index in [1.165, 1.54) is 11.1 Å². The summed E-state index contributed by atoms with van der Waals surface area (Å²) in [6, 6.07) is 18.0. The highest BCUT2D eigenvalue weighted by atomic mass is 16.3. The summed E-state index contributed by atoms with van der Waals surface area (Å²) in [6.45, 7) is 5.79. The Bertz CT molecular complexity index is 1600. The molecule has 0 bridgehead atoms. The van der Waals surface area contributed by atoms with Crippen molar-refractivity contribution in [2.75, 3.05) is 0 Å². The second kappa shape index (κ2) is 8.48. The number of fused-ring (bicyclic) bond motifs is 1. The number of aryl methyl sites for hydroxylation is 1. The van der Waals surface area contributed by atoms with Crippen LogP contribution in [0.25, 0.3) is 27.8 Å². The number of amides is 1. The van der Waals surface area contributed by atoms with Crippen LogP contribution in [0.1, 0.15) is 46.7 Å². The van der Waals surface area contributed by atoms with Gasteiger partial charge < -0.3 is 15.0 Å². The number of aliphatic hydroxyl groups excluding tert-OH is 1. The van der Waals surface area contributed by atoms with Crippen molar-refractivity contribution in [3.05, 3.63) is 106 Å². The van der Waals surface area contributed by atoms with Crippen LogP contribution in [0.4, 0.5) is 0 Å². The van der Waals surface area contributed by atoms with Crippen molar-refractivity contribution in [1.29, 1.82) is 0 Å². The van der Waals surface area contributed by atoms with E-state index in [2.05, 4.69) is 42.0 Å². The van der Waals surface area contributed by atoms with Crippen molar-refractivity contribution in [1.82, 2.24) is 14.9 Å². The number of carbonyl (C=O) groups is 1. The Labute approximate surface area is 208 Å². The molecule has 180 valence electrons. The summed E-state index contributed by atoms with van der Waals surface area (Å²) in [5.41, 5.74) is 5.67. The molecule has 0 spiro atoms. The van der Waals surface area contributed by atoms with Crippen LogP contribution in [0.5, 0.6) is 0 Å². The Balaban J connectivity index is 1.41. The number of benzene rings is 2. The van der Waals surface area contributed by atoms with Crippen molar-refractivity contribution >= 4 is 16.9 Å². The van der Waals surface area contributed by atoms with Gasteiger partial charge in [-0.25, -0.2) is 4.98 Å². The van der Waals surface area contributed by atoms with E-state index in [4.69, 9.17) is 0 Å². The number of nitrogens with one attached hydrogen (secondary N) is 1. The first-order chi connectivity index (χ1) is 17.4.